The molecule has 0 saturated carbocycles. The molecule has 3 N–H and O–H groups in total. The number of carbonyl (C=O) groups is 3. The van der Waals surface area contributed by atoms with Gasteiger partial charge in [0.05, 0.1) is 0 Å². The summed E-state index contributed by atoms with van der Waals surface area (Å²) in [6.07, 6.45) is 2.34. The van der Waals surface area contributed by atoms with Crippen molar-refractivity contribution in [1.82, 2.24) is 15.5 Å². The molecule has 1 heterocycles. The Bertz CT molecular complexity index is 972. The Morgan fingerprint density at radius 1 is 1.06 bits per heavy atom. The molecule has 0 aliphatic carbocycles. The number of aryl methyl sites for hydroxylation is 1. The molecule has 1 atom stereocenters. The van der Waals surface area contributed by atoms with Gasteiger partial charge in [0.25, 0.3) is 0 Å². The molecule has 0 radical (unpaired) electrons. The highest BCUT2D eigenvalue weighted by molar-refractivity contribution is 5.90. The summed E-state index contributed by atoms with van der Waals surface area (Å²) >= 11 is 0. The van der Waals surface area contributed by atoms with Gasteiger partial charge in [-0.25, -0.2) is 9.18 Å². The number of hydrogen-bond acceptors (Lipinski definition) is 3. The normalized spacial score (nSPS) is 14.9. The lowest BCUT2D eigenvalue weighted by Gasteiger charge is -2.33. The van der Waals surface area contributed by atoms with Crippen LogP contribution in [0.5, 0.6) is 0 Å². The largest absolute Gasteiger partial charge is 0.351 e. The van der Waals surface area contributed by atoms with Gasteiger partial charge in [0, 0.05) is 38.2 Å². The summed E-state index contributed by atoms with van der Waals surface area (Å²) in [4.78, 5) is 38.9. The van der Waals surface area contributed by atoms with Crippen molar-refractivity contribution in [2.24, 2.45) is 0 Å². The number of carbonyl (C=O) groups excluding carboxylic acids is 3. The molecule has 0 spiro atoms. The lowest BCUT2D eigenvalue weighted by molar-refractivity contribution is -0.128. The Kier molecular flexibility index (Phi) is 8.40. The number of benzene rings is 2. The number of nitrogens with one attached hydrogen (secondary N) is 3. The maximum atomic E-state index is 13.2. The number of rotatable bonds is 7. The summed E-state index contributed by atoms with van der Waals surface area (Å²) in [5.74, 6) is -0.946. The fourth-order valence-electron chi connectivity index (χ4n) is 3.98. The van der Waals surface area contributed by atoms with Crippen LogP contribution in [0.25, 0.3) is 0 Å². The van der Waals surface area contributed by atoms with Crippen LogP contribution in [0, 0.1) is 5.82 Å². The maximum absolute atomic E-state index is 13.2. The first-order valence-corrected chi connectivity index (χ1v) is 11.3. The number of halogens is 1. The minimum Gasteiger partial charge on any atom is -0.351 e. The van der Waals surface area contributed by atoms with Crippen LogP contribution in [0.3, 0.4) is 0 Å². The van der Waals surface area contributed by atoms with Crippen LogP contribution in [-0.4, -0.2) is 47.9 Å². The molecule has 0 aromatic heterocycles. The first-order chi connectivity index (χ1) is 15.9. The van der Waals surface area contributed by atoms with Gasteiger partial charge in [-0.2, -0.15) is 0 Å². The summed E-state index contributed by atoms with van der Waals surface area (Å²) < 4.78 is 13.2. The lowest BCUT2D eigenvalue weighted by Crippen LogP contribution is -2.53. The predicted octanol–water partition coefficient (Wildman–Crippen LogP) is 3.25. The second-order valence-corrected chi connectivity index (χ2v) is 8.29. The molecule has 8 heteroatoms. The average Bonchev–Trinajstić information content (AvgIpc) is 2.80. The molecular weight excluding hydrogens is 423 g/mol. The van der Waals surface area contributed by atoms with Crippen LogP contribution in [0.15, 0.2) is 48.5 Å². The van der Waals surface area contributed by atoms with Gasteiger partial charge in [0.1, 0.15) is 11.9 Å². The van der Waals surface area contributed by atoms with E-state index in [1.165, 1.54) is 19.1 Å². The monoisotopic (exact) mass is 454 g/mol. The molecule has 4 amide bonds. The van der Waals surface area contributed by atoms with E-state index >= 15 is 0 Å². The molecule has 2 aromatic rings. The van der Waals surface area contributed by atoms with Crippen LogP contribution in [-0.2, 0) is 22.4 Å². The zero-order valence-corrected chi connectivity index (χ0v) is 19.1. The molecule has 176 valence electrons. The van der Waals surface area contributed by atoms with Crippen LogP contribution >= 0.6 is 0 Å². The number of anilines is 1. The summed E-state index contributed by atoms with van der Waals surface area (Å²) in [6.45, 7) is 4.45. The molecule has 33 heavy (non-hydrogen) atoms. The molecule has 2 aromatic carbocycles. The summed E-state index contributed by atoms with van der Waals surface area (Å²) in [6, 6.07) is 12.6. The smallest absolute Gasteiger partial charge is 0.321 e. The number of likely N-dealkylation sites (tertiary alicyclic amines) is 1. The quantitative estimate of drug-likeness (QED) is 0.600. The van der Waals surface area contributed by atoms with E-state index in [1.807, 2.05) is 31.2 Å². The molecule has 1 saturated heterocycles. The SMILES string of the molecule is CCc1ccccc1NC(=O)N1CCC(NC(=O)[C@H](Cc2ccc(F)cc2)NC(C)=O)CC1. The van der Waals surface area contributed by atoms with Crippen molar-refractivity contribution >= 4 is 23.5 Å². The van der Waals surface area contributed by atoms with Crippen molar-refractivity contribution in [1.29, 1.82) is 0 Å². The Morgan fingerprint density at radius 2 is 1.73 bits per heavy atom. The highest BCUT2D eigenvalue weighted by Crippen LogP contribution is 2.18. The number of amides is 4. The van der Waals surface area contributed by atoms with Gasteiger partial charge in [-0.1, -0.05) is 37.3 Å². The van der Waals surface area contributed by atoms with Gasteiger partial charge in [0.15, 0.2) is 0 Å². The van der Waals surface area contributed by atoms with Gasteiger partial charge in [-0.15, -0.1) is 0 Å². The minimum absolute atomic E-state index is 0.0889. The van der Waals surface area contributed by atoms with Crippen molar-refractivity contribution < 1.29 is 18.8 Å². The van der Waals surface area contributed by atoms with E-state index < -0.39 is 6.04 Å². The molecule has 0 unspecified atom stereocenters. The highest BCUT2D eigenvalue weighted by atomic mass is 19.1. The Morgan fingerprint density at radius 3 is 2.36 bits per heavy atom. The van der Waals surface area contributed by atoms with Crippen molar-refractivity contribution in [2.45, 2.75) is 51.6 Å². The van der Waals surface area contributed by atoms with Crippen molar-refractivity contribution in [3.05, 3.63) is 65.5 Å². The fourth-order valence-corrected chi connectivity index (χ4v) is 3.98. The minimum atomic E-state index is -0.750. The van der Waals surface area contributed by atoms with Crippen LogP contribution < -0.4 is 16.0 Å². The van der Waals surface area contributed by atoms with Crippen molar-refractivity contribution in [3.8, 4) is 0 Å². The number of para-hydroxylation sites is 1. The second kappa shape index (κ2) is 11.4. The van der Waals surface area contributed by atoms with E-state index in [9.17, 15) is 18.8 Å². The van der Waals surface area contributed by atoms with Gasteiger partial charge < -0.3 is 20.9 Å². The second-order valence-electron chi connectivity index (χ2n) is 8.29. The van der Waals surface area contributed by atoms with Gasteiger partial charge in [-0.05, 0) is 48.6 Å². The van der Waals surface area contributed by atoms with E-state index in [2.05, 4.69) is 16.0 Å². The molecular formula is C25H31FN4O3. The Labute approximate surface area is 193 Å². The molecule has 1 aliphatic rings. The summed E-state index contributed by atoms with van der Waals surface area (Å²) in [5.41, 5.74) is 2.65. The topological polar surface area (TPSA) is 90.5 Å². The maximum Gasteiger partial charge on any atom is 0.321 e. The van der Waals surface area contributed by atoms with Crippen LogP contribution in [0.2, 0.25) is 0 Å². The third kappa shape index (κ3) is 7.03. The number of hydrogen-bond donors (Lipinski definition) is 3. The number of urea groups is 1. The van der Waals surface area contributed by atoms with Crippen LogP contribution in [0.1, 0.15) is 37.8 Å². The van der Waals surface area contributed by atoms with E-state index in [-0.39, 0.29) is 36.1 Å². The molecule has 1 aliphatic heterocycles. The molecule has 7 nitrogen and oxygen atoms in total. The van der Waals surface area contributed by atoms with E-state index in [0.29, 0.717) is 25.9 Å². The van der Waals surface area contributed by atoms with E-state index in [4.69, 9.17) is 0 Å². The van der Waals surface area contributed by atoms with Crippen molar-refractivity contribution in [3.63, 3.8) is 0 Å². The first-order valence-electron chi connectivity index (χ1n) is 11.3. The first kappa shape index (κ1) is 24.2. The highest BCUT2D eigenvalue weighted by Gasteiger charge is 2.27. The van der Waals surface area contributed by atoms with E-state index in [0.717, 1.165) is 23.2 Å². The fraction of sp³-hybridized carbons (Fsp3) is 0.400. The molecule has 3 rings (SSSR count). The molecule has 0 bridgehead atoms. The molecule has 1 fully saturated rings. The van der Waals surface area contributed by atoms with Gasteiger partial charge >= 0.3 is 6.03 Å². The van der Waals surface area contributed by atoms with Gasteiger partial charge in [0.2, 0.25) is 11.8 Å². The standard InChI is InChI=1S/C25H31FN4O3/c1-3-19-6-4-5-7-22(19)29-25(33)30-14-12-21(13-15-30)28-24(32)23(27-17(2)31)16-18-8-10-20(26)11-9-18/h4-11,21,23H,3,12-16H2,1-2H3,(H,27,31)(H,28,32)(H,29,33)/t23-/m0/s1. The lowest BCUT2D eigenvalue weighted by atomic mass is 10.0. The Balaban J connectivity index is 1.52. The van der Waals surface area contributed by atoms with Crippen molar-refractivity contribution in [2.75, 3.05) is 18.4 Å². The number of piperidine rings is 1. The Hall–Kier alpha value is -3.42. The van der Waals surface area contributed by atoms with Crippen LogP contribution in [0.4, 0.5) is 14.9 Å². The summed E-state index contributed by atoms with van der Waals surface area (Å²) in [5, 5.41) is 8.66. The average molecular weight is 455 g/mol. The third-order valence-corrected chi connectivity index (χ3v) is 5.82. The zero-order valence-electron chi connectivity index (χ0n) is 19.1. The van der Waals surface area contributed by atoms with E-state index in [1.54, 1.807) is 17.0 Å². The zero-order chi connectivity index (χ0) is 23.8. The van der Waals surface area contributed by atoms with Gasteiger partial charge in [-0.3, -0.25) is 9.59 Å². The third-order valence-electron chi connectivity index (χ3n) is 5.82. The predicted molar refractivity (Wildman–Crippen MR) is 125 cm³/mol. The number of nitrogens with zero attached hydrogens (tertiary/aromatic N) is 1. The summed E-state index contributed by atoms with van der Waals surface area (Å²) in [7, 11) is 0.